The van der Waals surface area contributed by atoms with Gasteiger partial charge in [-0.15, -0.1) is 0 Å². The van der Waals surface area contributed by atoms with Gasteiger partial charge in [0, 0.05) is 44.2 Å². The second kappa shape index (κ2) is 11.8. The Balaban J connectivity index is 1.53. The number of nitrogens with one attached hydrogen (secondary N) is 2. The van der Waals surface area contributed by atoms with Crippen molar-refractivity contribution in [1.82, 2.24) is 20.5 Å². The SMILES string of the molecule is CCNC(=NCC(C(C)C)N1CCOCC1)NCCc1coc(-c2ccc(F)cc2)n1. The van der Waals surface area contributed by atoms with Crippen LogP contribution in [0.1, 0.15) is 26.5 Å². The van der Waals surface area contributed by atoms with Gasteiger partial charge in [0.1, 0.15) is 12.1 Å². The van der Waals surface area contributed by atoms with E-state index < -0.39 is 0 Å². The van der Waals surface area contributed by atoms with E-state index in [-0.39, 0.29) is 5.82 Å². The van der Waals surface area contributed by atoms with Crippen LogP contribution in [-0.4, -0.2) is 67.8 Å². The second-order valence-electron chi connectivity index (χ2n) is 8.01. The van der Waals surface area contributed by atoms with Gasteiger partial charge in [-0.1, -0.05) is 13.8 Å². The lowest BCUT2D eigenvalue weighted by Crippen LogP contribution is -2.48. The number of halogens is 1. The van der Waals surface area contributed by atoms with Crippen LogP contribution in [0.25, 0.3) is 11.5 Å². The first kappa shape index (κ1) is 23.2. The minimum Gasteiger partial charge on any atom is -0.444 e. The summed E-state index contributed by atoms with van der Waals surface area (Å²) in [4.78, 5) is 11.8. The predicted octanol–water partition coefficient (Wildman–Crippen LogP) is 2.94. The molecule has 1 saturated heterocycles. The van der Waals surface area contributed by atoms with Crippen molar-refractivity contribution in [2.45, 2.75) is 33.2 Å². The van der Waals surface area contributed by atoms with Gasteiger partial charge in [-0.25, -0.2) is 9.37 Å². The van der Waals surface area contributed by atoms with Crippen molar-refractivity contribution in [2.24, 2.45) is 10.9 Å². The van der Waals surface area contributed by atoms with Crippen molar-refractivity contribution in [3.8, 4) is 11.5 Å². The number of morpholine rings is 1. The molecule has 0 bridgehead atoms. The lowest BCUT2D eigenvalue weighted by atomic mass is 10.0. The third-order valence-electron chi connectivity index (χ3n) is 5.38. The van der Waals surface area contributed by atoms with Crippen LogP contribution < -0.4 is 10.6 Å². The van der Waals surface area contributed by atoms with E-state index in [9.17, 15) is 4.39 Å². The highest BCUT2D eigenvalue weighted by molar-refractivity contribution is 5.79. The average molecular weight is 432 g/mol. The maximum atomic E-state index is 13.1. The molecule has 3 rings (SSSR count). The minimum atomic E-state index is -0.275. The van der Waals surface area contributed by atoms with Crippen molar-refractivity contribution >= 4 is 5.96 Å². The van der Waals surface area contributed by atoms with Crippen LogP contribution in [0.4, 0.5) is 4.39 Å². The van der Waals surface area contributed by atoms with Gasteiger partial charge in [-0.3, -0.25) is 9.89 Å². The minimum absolute atomic E-state index is 0.275. The predicted molar refractivity (Wildman–Crippen MR) is 121 cm³/mol. The van der Waals surface area contributed by atoms with Crippen LogP contribution >= 0.6 is 0 Å². The number of guanidine groups is 1. The monoisotopic (exact) mass is 431 g/mol. The third-order valence-corrected chi connectivity index (χ3v) is 5.38. The Bertz CT molecular complexity index is 816. The van der Waals surface area contributed by atoms with Gasteiger partial charge in [-0.2, -0.15) is 0 Å². The summed E-state index contributed by atoms with van der Waals surface area (Å²) in [5, 5.41) is 6.71. The van der Waals surface area contributed by atoms with E-state index in [1.54, 1.807) is 18.4 Å². The zero-order chi connectivity index (χ0) is 22.1. The Morgan fingerprint density at radius 3 is 2.61 bits per heavy atom. The number of hydrogen-bond acceptors (Lipinski definition) is 5. The van der Waals surface area contributed by atoms with E-state index in [2.05, 4.69) is 41.3 Å². The van der Waals surface area contributed by atoms with Crippen LogP contribution in [-0.2, 0) is 11.2 Å². The molecule has 1 aromatic heterocycles. The van der Waals surface area contributed by atoms with E-state index in [1.165, 1.54) is 12.1 Å². The van der Waals surface area contributed by atoms with Gasteiger partial charge in [0.15, 0.2) is 5.96 Å². The molecular weight excluding hydrogens is 397 g/mol. The topological polar surface area (TPSA) is 74.9 Å². The zero-order valence-electron chi connectivity index (χ0n) is 18.7. The van der Waals surface area contributed by atoms with Crippen molar-refractivity contribution < 1.29 is 13.5 Å². The van der Waals surface area contributed by atoms with E-state index in [4.69, 9.17) is 14.1 Å². The average Bonchev–Trinajstić information content (AvgIpc) is 3.24. The number of aromatic nitrogens is 1. The maximum Gasteiger partial charge on any atom is 0.226 e. The molecule has 2 N–H and O–H groups in total. The fourth-order valence-corrected chi connectivity index (χ4v) is 3.64. The summed E-state index contributed by atoms with van der Waals surface area (Å²) >= 11 is 0. The molecule has 0 radical (unpaired) electrons. The Hall–Kier alpha value is -2.45. The molecule has 0 aliphatic carbocycles. The molecule has 0 saturated carbocycles. The normalized spacial score (nSPS) is 16.5. The van der Waals surface area contributed by atoms with E-state index in [1.807, 2.05) is 0 Å². The van der Waals surface area contributed by atoms with Crippen LogP contribution in [0.3, 0.4) is 0 Å². The molecule has 0 amide bonds. The highest BCUT2D eigenvalue weighted by Gasteiger charge is 2.23. The Morgan fingerprint density at radius 2 is 1.94 bits per heavy atom. The molecule has 1 aliphatic heterocycles. The molecule has 2 aromatic rings. The van der Waals surface area contributed by atoms with Gasteiger partial charge in [0.25, 0.3) is 0 Å². The van der Waals surface area contributed by atoms with E-state index >= 15 is 0 Å². The van der Waals surface area contributed by atoms with Crippen molar-refractivity contribution in [1.29, 1.82) is 0 Å². The Kier molecular flexibility index (Phi) is 8.85. The molecular formula is C23H34FN5O2. The number of benzene rings is 1. The first-order valence-corrected chi connectivity index (χ1v) is 11.1. The van der Waals surface area contributed by atoms with Gasteiger partial charge in [-0.05, 0) is 37.1 Å². The Labute approximate surface area is 184 Å². The van der Waals surface area contributed by atoms with Crippen LogP contribution in [0.2, 0.25) is 0 Å². The number of aliphatic imine (C=N–C) groups is 1. The first-order chi connectivity index (χ1) is 15.1. The summed E-state index contributed by atoms with van der Waals surface area (Å²) in [7, 11) is 0. The summed E-state index contributed by atoms with van der Waals surface area (Å²) in [6.07, 6.45) is 2.35. The molecule has 1 atom stereocenters. The Morgan fingerprint density at radius 1 is 1.19 bits per heavy atom. The molecule has 2 heterocycles. The molecule has 1 aliphatic rings. The molecule has 31 heavy (non-hydrogen) atoms. The molecule has 1 unspecified atom stereocenters. The lowest BCUT2D eigenvalue weighted by Gasteiger charge is -2.36. The summed E-state index contributed by atoms with van der Waals surface area (Å²) < 4.78 is 24.1. The number of oxazole rings is 1. The molecule has 7 nitrogen and oxygen atoms in total. The zero-order valence-corrected chi connectivity index (χ0v) is 18.7. The van der Waals surface area contributed by atoms with Gasteiger partial charge >= 0.3 is 0 Å². The molecule has 0 spiro atoms. The first-order valence-electron chi connectivity index (χ1n) is 11.1. The van der Waals surface area contributed by atoms with Crippen molar-refractivity contribution in [2.75, 3.05) is 45.9 Å². The fourth-order valence-electron chi connectivity index (χ4n) is 3.64. The standard InChI is InChI=1S/C23H34FN5O2/c1-4-25-23(27-15-21(17(2)3)29-11-13-30-14-12-29)26-10-9-20-16-31-22(28-20)18-5-7-19(24)8-6-18/h5-8,16-17,21H,4,9-15H2,1-3H3,(H2,25,26,27). The van der Waals surface area contributed by atoms with Crippen molar-refractivity contribution in [3.05, 3.63) is 42.0 Å². The summed E-state index contributed by atoms with van der Waals surface area (Å²) in [6, 6.07) is 6.54. The van der Waals surface area contributed by atoms with Gasteiger partial charge in [0.05, 0.1) is 25.5 Å². The van der Waals surface area contributed by atoms with E-state index in [0.29, 0.717) is 30.8 Å². The van der Waals surface area contributed by atoms with E-state index in [0.717, 1.165) is 56.6 Å². The quantitative estimate of drug-likeness (QED) is 0.470. The van der Waals surface area contributed by atoms with Gasteiger partial charge in [0.2, 0.25) is 5.89 Å². The largest absolute Gasteiger partial charge is 0.444 e. The maximum absolute atomic E-state index is 13.1. The highest BCUT2D eigenvalue weighted by Crippen LogP contribution is 2.19. The second-order valence-corrected chi connectivity index (χ2v) is 8.01. The smallest absolute Gasteiger partial charge is 0.226 e. The van der Waals surface area contributed by atoms with Gasteiger partial charge < -0.3 is 19.8 Å². The number of rotatable bonds is 9. The lowest BCUT2D eigenvalue weighted by molar-refractivity contribution is 0.00867. The van der Waals surface area contributed by atoms with Crippen LogP contribution in [0.5, 0.6) is 0 Å². The molecule has 1 aromatic carbocycles. The van der Waals surface area contributed by atoms with Crippen molar-refractivity contribution in [3.63, 3.8) is 0 Å². The molecule has 1 fully saturated rings. The summed E-state index contributed by atoms with van der Waals surface area (Å²) in [5.74, 6) is 1.55. The third kappa shape index (κ3) is 7.04. The number of hydrogen-bond donors (Lipinski definition) is 2. The molecule has 170 valence electrons. The number of ether oxygens (including phenoxy) is 1. The summed E-state index contributed by atoms with van der Waals surface area (Å²) in [6.45, 7) is 12.3. The fraction of sp³-hybridized carbons (Fsp3) is 0.565. The van der Waals surface area contributed by atoms with Crippen LogP contribution in [0, 0.1) is 11.7 Å². The molecule has 8 heteroatoms. The van der Waals surface area contributed by atoms with Crippen LogP contribution in [0.15, 0.2) is 39.9 Å². The highest BCUT2D eigenvalue weighted by atomic mass is 19.1. The summed E-state index contributed by atoms with van der Waals surface area (Å²) in [5.41, 5.74) is 1.61. The number of nitrogens with zero attached hydrogens (tertiary/aromatic N) is 3.